The van der Waals surface area contributed by atoms with E-state index in [4.69, 9.17) is 5.73 Å². The highest BCUT2D eigenvalue weighted by Crippen LogP contribution is 2.12. The van der Waals surface area contributed by atoms with Crippen LogP contribution in [0.15, 0.2) is 36.9 Å². The molecule has 2 aromatic rings. The normalized spacial score (nSPS) is 12.1. The van der Waals surface area contributed by atoms with Gasteiger partial charge in [0.15, 0.2) is 0 Å². The Labute approximate surface area is 98.5 Å². The number of nitrogens with zero attached hydrogens (tertiary/aromatic N) is 3. The van der Waals surface area contributed by atoms with E-state index in [-0.39, 0.29) is 5.91 Å². The predicted octanol–water partition coefficient (Wildman–Crippen LogP) is 0.553. The Morgan fingerprint density at radius 2 is 2.12 bits per heavy atom. The van der Waals surface area contributed by atoms with Crippen LogP contribution in [-0.2, 0) is 4.79 Å². The molecule has 0 aliphatic carbocycles. The van der Waals surface area contributed by atoms with E-state index in [1.54, 1.807) is 30.1 Å². The molecule has 1 aromatic heterocycles. The molecule has 1 heterocycles. The van der Waals surface area contributed by atoms with Crippen molar-refractivity contribution in [2.24, 2.45) is 5.73 Å². The van der Waals surface area contributed by atoms with Gasteiger partial charge in [-0.1, -0.05) is 0 Å². The molecule has 6 nitrogen and oxygen atoms in total. The zero-order valence-electron chi connectivity index (χ0n) is 9.37. The van der Waals surface area contributed by atoms with E-state index in [2.05, 4.69) is 15.4 Å². The van der Waals surface area contributed by atoms with Crippen molar-refractivity contribution in [3.8, 4) is 5.69 Å². The standard InChI is InChI=1S/C11H13N5O/c1-8(12)11(17)15-9-2-4-10(5-3-9)16-7-13-6-14-16/h2-8H,12H2,1H3,(H,15,17)/t8-/m1/s1. The van der Waals surface area contributed by atoms with Crippen LogP contribution in [0.3, 0.4) is 0 Å². The summed E-state index contributed by atoms with van der Waals surface area (Å²) < 4.78 is 1.64. The molecule has 0 saturated heterocycles. The van der Waals surface area contributed by atoms with E-state index >= 15 is 0 Å². The number of nitrogens with one attached hydrogen (secondary N) is 1. The number of rotatable bonds is 3. The van der Waals surface area contributed by atoms with E-state index in [1.807, 2.05) is 12.1 Å². The lowest BCUT2D eigenvalue weighted by Crippen LogP contribution is -2.32. The first-order chi connectivity index (χ1) is 8.16. The van der Waals surface area contributed by atoms with Crippen molar-refractivity contribution >= 4 is 11.6 Å². The second kappa shape index (κ2) is 4.75. The van der Waals surface area contributed by atoms with Crippen molar-refractivity contribution in [2.75, 3.05) is 5.32 Å². The molecule has 1 amide bonds. The second-order valence-electron chi connectivity index (χ2n) is 3.66. The van der Waals surface area contributed by atoms with Crippen LogP contribution < -0.4 is 11.1 Å². The van der Waals surface area contributed by atoms with Crippen molar-refractivity contribution < 1.29 is 4.79 Å². The van der Waals surface area contributed by atoms with Gasteiger partial charge in [-0.05, 0) is 31.2 Å². The molecule has 0 saturated carbocycles. The zero-order valence-corrected chi connectivity index (χ0v) is 9.37. The highest BCUT2D eigenvalue weighted by Gasteiger charge is 2.07. The molecule has 6 heteroatoms. The Hall–Kier alpha value is -2.21. The zero-order chi connectivity index (χ0) is 12.3. The second-order valence-corrected chi connectivity index (χ2v) is 3.66. The van der Waals surface area contributed by atoms with Crippen LogP contribution in [0.5, 0.6) is 0 Å². The van der Waals surface area contributed by atoms with Crippen LogP contribution in [0.25, 0.3) is 5.69 Å². The molecule has 1 atom stereocenters. The Morgan fingerprint density at radius 3 is 2.65 bits per heavy atom. The first-order valence-corrected chi connectivity index (χ1v) is 5.18. The maximum atomic E-state index is 11.4. The Kier molecular flexibility index (Phi) is 3.15. The van der Waals surface area contributed by atoms with Gasteiger partial charge >= 0.3 is 0 Å². The summed E-state index contributed by atoms with van der Waals surface area (Å²) in [6.07, 6.45) is 3.07. The molecule has 17 heavy (non-hydrogen) atoms. The van der Waals surface area contributed by atoms with Crippen LogP contribution in [0.1, 0.15) is 6.92 Å². The van der Waals surface area contributed by atoms with Crippen molar-refractivity contribution in [1.82, 2.24) is 14.8 Å². The molecule has 2 rings (SSSR count). The number of amides is 1. The van der Waals surface area contributed by atoms with Gasteiger partial charge in [-0.15, -0.1) is 0 Å². The van der Waals surface area contributed by atoms with Gasteiger partial charge in [0.05, 0.1) is 11.7 Å². The van der Waals surface area contributed by atoms with E-state index in [0.29, 0.717) is 5.69 Å². The highest BCUT2D eigenvalue weighted by atomic mass is 16.2. The summed E-state index contributed by atoms with van der Waals surface area (Å²) in [6, 6.07) is 6.73. The van der Waals surface area contributed by atoms with Gasteiger partial charge in [0.25, 0.3) is 0 Å². The molecule has 0 unspecified atom stereocenters. The van der Waals surface area contributed by atoms with Gasteiger partial charge in [-0.2, -0.15) is 5.10 Å². The van der Waals surface area contributed by atoms with E-state index < -0.39 is 6.04 Å². The predicted molar refractivity (Wildman–Crippen MR) is 63.6 cm³/mol. The number of aromatic nitrogens is 3. The first-order valence-electron chi connectivity index (χ1n) is 5.18. The lowest BCUT2D eigenvalue weighted by molar-refractivity contribution is -0.117. The lowest BCUT2D eigenvalue weighted by Gasteiger charge is -2.08. The Balaban J connectivity index is 2.11. The molecular weight excluding hydrogens is 218 g/mol. The van der Waals surface area contributed by atoms with Crippen molar-refractivity contribution in [3.05, 3.63) is 36.9 Å². The number of hydrogen-bond acceptors (Lipinski definition) is 4. The third-order valence-corrected chi connectivity index (χ3v) is 2.23. The summed E-state index contributed by atoms with van der Waals surface area (Å²) in [5, 5.41) is 6.71. The Bertz CT molecular complexity index is 489. The molecule has 1 aromatic carbocycles. The molecular formula is C11H13N5O. The first kappa shape index (κ1) is 11.3. The molecule has 0 aliphatic heterocycles. The van der Waals surface area contributed by atoms with Gasteiger partial charge in [0.1, 0.15) is 12.7 Å². The molecule has 0 radical (unpaired) electrons. The van der Waals surface area contributed by atoms with Gasteiger partial charge < -0.3 is 11.1 Å². The number of anilines is 1. The minimum Gasteiger partial charge on any atom is -0.325 e. The van der Waals surface area contributed by atoms with Crippen LogP contribution in [-0.4, -0.2) is 26.7 Å². The van der Waals surface area contributed by atoms with E-state index in [1.165, 1.54) is 6.33 Å². The quantitative estimate of drug-likeness (QED) is 0.807. The number of nitrogens with two attached hydrogens (primary N) is 1. The minimum absolute atomic E-state index is 0.210. The maximum Gasteiger partial charge on any atom is 0.240 e. The molecule has 0 spiro atoms. The average Bonchev–Trinajstić information content (AvgIpc) is 2.83. The molecule has 3 N–H and O–H groups in total. The largest absolute Gasteiger partial charge is 0.325 e. The fraction of sp³-hybridized carbons (Fsp3) is 0.182. The van der Waals surface area contributed by atoms with Gasteiger partial charge in [0, 0.05) is 5.69 Å². The Morgan fingerprint density at radius 1 is 1.41 bits per heavy atom. The summed E-state index contributed by atoms with van der Waals surface area (Å²) >= 11 is 0. The average molecular weight is 231 g/mol. The van der Waals surface area contributed by atoms with Crippen molar-refractivity contribution in [1.29, 1.82) is 0 Å². The van der Waals surface area contributed by atoms with Crippen molar-refractivity contribution in [3.63, 3.8) is 0 Å². The van der Waals surface area contributed by atoms with E-state index in [9.17, 15) is 4.79 Å². The summed E-state index contributed by atoms with van der Waals surface area (Å²) in [7, 11) is 0. The summed E-state index contributed by atoms with van der Waals surface area (Å²) in [4.78, 5) is 15.2. The van der Waals surface area contributed by atoms with Crippen LogP contribution >= 0.6 is 0 Å². The SMILES string of the molecule is C[C@@H](N)C(=O)Nc1ccc(-n2cncn2)cc1. The summed E-state index contributed by atoms with van der Waals surface area (Å²) in [5.41, 5.74) is 7.04. The lowest BCUT2D eigenvalue weighted by atomic mass is 10.2. The van der Waals surface area contributed by atoms with Crippen molar-refractivity contribution in [2.45, 2.75) is 13.0 Å². The van der Waals surface area contributed by atoms with Gasteiger partial charge in [-0.25, -0.2) is 9.67 Å². The summed E-state index contributed by atoms with van der Waals surface area (Å²) in [6.45, 7) is 1.64. The molecule has 0 aliphatic rings. The molecule has 0 fully saturated rings. The number of hydrogen-bond donors (Lipinski definition) is 2. The molecule has 0 bridgehead atoms. The number of carbonyl (C=O) groups excluding carboxylic acids is 1. The fourth-order valence-corrected chi connectivity index (χ4v) is 1.30. The number of benzene rings is 1. The van der Waals surface area contributed by atoms with Crippen LogP contribution in [0, 0.1) is 0 Å². The van der Waals surface area contributed by atoms with Crippen LogP contribution in [0.4, 0.5) is 5.69 Å². The minimum atomic E-state index is -0.523. The van der Waals surface area contributed by atoms with Gasteiger partial charge in [0.2, 0.25) is 5.91 Å². The third kappa shape index (κ3) is 2.67. The van der Waals surface area contributed by atoms with E-state index in [0.717, 1.165) is 5.69 Å². The smallest absolute Gasteiger partial charge is 0.240 e. The number of carbonyl (C=O) groups is 1. The van der Waals surface area contributed by atoms with Gasteiger partial charge in [-0.3, -0.25) is 4.79 Å². The summed E-state index contributed by atoms with van der Waals surface area (Å²) in [5.74, 6) is -0.210. The third-order valence-electron chi connectivity index (χ3n) is 2.23. The molecule has 88 valence electrons. The van der Waals surface area contributed by atoms with Crippen LogP contribution in [0.2, 0.25) is 0 Å². The fourth-order valence-electron chi connectivity index (χ4n) is 1.30. The monoisotopic (exact) mass is 231 g/mol. The highest BCUT2D eigenvalue weighted by molar-refractivity contribution is 5.94. The topological polar surface area (TPSA) is 85.8 Å². The maximum absolute atomic E-state index is 11.4.